The van der Waals surface area contributed by atoms with Gasteiger partial charge in [0.2, 0.25) is 10.0 Å². The average Bonchev–Trinajstić information content (AvgIpc) is 2.67. The predicted molar refractivity (Wildman–Crippen MR) is 99.2 cm³/mol. The van der Waals surface area contributed by atoms with E-state index in [1.165, 1.54) is 23.4 Å². The third-order valence-corrected chi connectivity index (χ3v) is 6.85. The summed E-state index contributed by atoms with van der Waals surface area (Å²) in [5.74, 6) is -1.77. The Hall–Kier alpha value is -1.97. The maximum Gasteiger partial charge on any atom is 0.329 e. The zero-order valence-electron chi connectivity index (χ0n) is 15.8. The quantitative estimate of drug-likeness (QED) is 0.715. The highest BCUT2D eigenvalue weighted by atomic mass is 32.2. The van der Waals surface area contributed by atoms with Gasteiger partial charge in [-0.25, -0.2) is 13.2 Å². The Morgan fingerprint density at radius 1 is 1.26 bits per heavy atom. The highest BCUT2D eigenvalue weighted by Crippen LogP contribution is 2.24. The van der Waals surface area contributed by atoms with Crippen molar-refractivity contribution in [1.82, 2.24) is 9.62 Å². The fraction of sp³-hybridized carbons (Fsp3) is 0.556. The molecule has 0 bridgehead atoms. The van der Waals surface area contributed by atoms with Crippen LogP contribution < -0.4 is 5.32 Å². The van der Waals surface area contributed by atoms with E-state index in [2.05, 4.69) is 5.32 Å². The molecule has 1 fully saturated rings. The smallest absolute Gasteiger partial charge is 0.329 e. The Labute approximate surface area is 159 Å². The van der Waals surface area contributed by atoms with Crippen molar-refractivity contribution in [2.45, 2.75) is 44.0 Å². The normalized spacial score (nSPS) is 17.9. The van der Waals surface area contributed by atoms with Crippen molar-refractivity contribution in [3.63, 3.8) is 0 Å². The van der Waals surface area contributed by atoms with Crippen LogP contribution in [-0.4, -0.2) is 61.5 Å². The van der Waals surface area contributed by atoms with E-state index in [1.54, 1.807) is 13.0 Å². The van der Waals surface area contributed by atoms with Crippen LogP contribution in [0.2, 0.25) is 0 Å². The number of carboxylic acid groups (broad SMARTS) is 1. The first-order valence-corrected chi connectivity index (χ1v) is 10.4. The Bertz CT molecular complexity index is 817. The first-order valence-electron chi connectivity index (χ1n) is 8.92. The van der Waals surface area contributed by atoms with Gasteiger partial charge in [-0.05, 0) is 37.5 Å². The van der Waals surface area contributed by atoms with Gasteiger partial charge in [0.25, 0.3) is 5.91 Å². The summed E-state index contributed by atoms with van der Waals surface area (Å²) in [5, 5.41) is 11.8. The monoisotopic (exact) mass is 398 g/mol. The molecule has 2 rings (SSSR count). The minimum absolute atomic E-state index is 0.0769. The molecule has 2 N–H and O–H groups in total. The summed E-state index contributed by atoms with van der Waals surface area (Å²) >= 11 is 0. The summed E-state index contributed by atoms with van der Waals surface area (Å²) in [6.45, 7) is 6.08. The van der Waals surface area contributed by atoms with Gasteiger partial charge in [0.15, 0.2) is 0 Å². The number of carbonyl (C=O) groups excluding carboxylic acids is 1. The molecule has 1 heterocycles. The van der Waals surface area contributed by atoms with Crippen LogP contribution in [0.15, 0.2) is 23.1 Å². The number of hydrogen-bond donors (Lipinski definition) is 2. The van der Waals surface area contributed by atoms with Gasteiger partial charge >= 0.3 is 5.97 Å². The lowest BCUT2D eigenvalue weighted by molar-refractivity contribution is -0.143. The lowest BCUT2D eigenvalue weighted by Gasteiger charge is -2.27. The Balaban J connectivity index is 2.40. The minimum atomic E-state index is -3.77. The number of benzene rings is 1. The fourth-order valence-corrected chi connectivity index (χ4v) is 4.50. The van der Waals surface area contributed by atoms with Gasteiger partial charge in [-0.15, -0.1) is 0 Å². The molecule has 9 heteroatoms. The van der Waals surface area contributed by atoms with Crippen LogP contribution in [-0.2, 0) is 26.0 Å². The maximum absolute atomic E-state index is 13.0. The number of morpholine rings is 1. The third-order valence-electron chi connectivity index (χ3n) is 4.87. The van der Waals surface area contributed by atoms with Crippen LogP contribution in [0.5, 0.6) is 0 Å². The lowest BCUT2D eigenvalue weighted by atomic mass is 9.98. The molecule has 1 unspecified atom stereocenters. The van der Waals surface area contributed by atoms with Crippen molar-refractivity contribution >= 4 is 21.9 Å². The van der Waals surface area contributed by atoms with Gasteiger partial charge in [-0.2, -0.15) is 4.31 Å². The molecule has 27 heavy (non-hydrogen) atoms. The van der Waals surface area contributed by atoms with Gasteiger partial charge in [0, 0.05) is 18.7 Å². The van der Waals surface area contributed by atoms with Crippen LogP contribution in [0, 0.1) is 0 Å². The zero-order valence-corrected chi connectivity index (χ0v) is 16.6. The van der Waals surface area contributed by atoms with E-state index in [4.69, 9.17) is 4.74 Å². The first kappa shape index (κ1) is 21.3. The molecule has 0 saturated carbocycles. The van der Waals surface area contributed by atoms with E-state index in [9.17, 15) is 23.1 Å². The second-order valence-corrected chi connectivity index (χ2v) is 8.54. The van der Waals surface area contributed by atoms with Crippen molar-refractivity contribution in [2.75, 3.05) is 26.3 Å². The van der Waals surface area contributed by atoms with Crippen LogP contribution in [0.3, 0.4) is 0 Å². The molecule has 0 radical (unpaired) electrons. The maximum atomic E-state index is 13.0. The fourth-order valence-electron chi connectivity index (χ4n) is 2.77. The average molecular weight is 398 g/mol. The molecule has 1 saturated heterocycles. The number of sulfonamides is 1. The van der Waals surface area contributed by atoms with Crippen molar-refractivity contribution in [2.24, 2.45) is 0 Å². The van der Waals surface area contributed by atoms with Crippen LogP contribution in [0.1, 0.15) is 43.1 Å². The number of amides is 1. The Morgan fingerprint density at radius 2 is 1.89 bits per heavy atom. The van der Waals surface area contributed by atoms with Crippen molar-refractivity contribution < 1.29 is 27.9 Å². The van der Waals surface area contributed by atoms with Gasteiger partial charge in [0.1, 0.15) is 5.54 Å². The van der Waals surface area contributed by atoms with Crippen molar-refractivity contribution in [3.8, 4) is 0 Å². The van der Waals surface area contributed by atoms with E-state index in [1.807, 2.05) is 6.92 Å². The number of rotatable bonds is 7. The highest BCUT2D eigenvalue weighted by Gasteiger charge is 2.34. The SMILES string of the molecule is CCc1ccc(C(=O)NC(C)(CC)C(=O)O)cc1S(=O)(=O)N1CCOCC1. The van der Waals surface area contributed by atoms with Gasteiger partial charge in [0.05, 0.1) is 18.1 Å². The summed E-state index contributed by atoms with van der Waals surface area (Å²) in [5.41, 5.74) is -0.710. The number of aliphatic carboxylic acids is 1. The number of carboxylic acids is 1. The summed E-state index contributed by atoms with van der Waals surface area (Å²) < 4.78 is 32.6. The molecule has 1 aliphatic rings. The predicted octanol–water partition coefficient (Wildman–Crippen LogP) is 1.25. The number of nitrogens with one attached hydrogen (secondary N) is 1. The molecule has 1 amide bonds. The van der Waals surface area contributed by atoms with Gasteiger partial charge in [-0.3, -0.25) is 4.79 Å². The van der Waals surface area contributed by atoms with E-state index in [-0.39, 0.29) is 30.0 Å². The summed E-state index contributed by atoms with van der Waals surface area (Å²) in [6, 6.07) is 4.45. The molecule has 8 nitrogen and oxygen atoms in total. The van der Waals surface area contributed by atoms with E-state index < -0.39 is 27.4 Å². The third kappa shape index (κ3) is 4.48. The second-order valence-electron chi connectivity index (χ2n) is 6.64. The minimum Gasteiger partial charge on any atom is -0.480 e. The number of nitrogens with zero attached hydrogens (tertiary/aromatic N) is 1. The number of ether oxygens (including phenoxy) is 1. The topological polar surface area (TPSA) is 113 Å². The summed E-state index contributed by atoms with van der Waals surface area (Å²) in [4.78, 5) is 24.1. The summed E-state index contributed by atoms with van der Waals surface area (Å²) in [6.07, 6.45) is 0.683. The molecule has 0 aromatic heterocycles. The highest BCUT2D eigenvalue weighted by molar-refractivity contribution is 7.89. The van der Waals surface area contributed by atoms with Crippen LogP contribution in [0.4, 0.5) is 0 Å². The van der Waals surface area contributed by atoms with Gasteiger partial charge < -0.3 is 15.2 Å². The first-order chi connectivity index (χ1) is 12.7. The Morgan fingerprint density at radius 3 is 2.41 bits per heavy atom. The molecule has 150 valence electrons. The summed E-state index contributed by atoms with van der Waals surface area (Å²) in [7, 11) is -3.77. The lowest BCUT2D eigenvalue weighted by Crippen LogP contribution is -2.51. The van der Waals surface area contributed by atoms with Crippen LogP contribution in [0.25, 0.3) is 0 Å². The molecule has 1 atom stereocenters. The second kappa shape index (κ2) is 8.37. The zero-order chi connectivity index (χ0) is 20.2. The molecule has 1 aliphatic heterocycles. The molecule has 1 aromatic carbocycles. The number of carbonyl (C=O) groups is 2. The van der Waals surface area contributed by atoms with Crippen LogP contribution >= 0.6 is 0 Å². The molecule has 0 aliphatic carbocycles. The Kier molecular flexibility index (Phi) is 6.61. The largest absolute Gasteiger partial charge is 0.480 e. The molecular formula is C18H26N2O6S. The standard InChI is InChI=1S/C18H26N2O6S/c1-4-13-6-7-14(16(21)19-18(3,5-2)17(22)23)12-15(13)27(24,25)20-8-10-26-11-9-20/h6-7,12H,4-5,8-11H2,1-3H3,(H,19,21)(H,22,23). The molecule has 1 aromatic rings. The van der Waals surface area contributed by atoms with Crippen molar-refractivity contribution in [3.05, 3.63) is 29.3 Å². The van der Waals surface area contributed by atoms with E-state index in [0.717, 1.165) is 0 Å². The molecular weight excluding hydrogens is 372 g/mol. The van der Waals surface area contributed by atoms with E-state index >= 15 is 0 Å². The molecule has 0 spiro atoms. The number of aryl methyl sites for hydroxylation is 1. The van der Waals surface area contributed by atoms with Crippen molar-refractivity contribution in [1.29, 1.82) is 0 Å². The van der Waals surface area contributed by atoms with Gasteiger partial charge in [-0.1, -0.05) is 19.9 Å². The van der Waals surface area contributed by atoms with E-state index in [0.29, 0.717) is 25.2 Å². The number of hydrogen-bond acceptors (Lipinski definition) is 5.